The second-order valence-electron chi connectivity index (χ2n) is 5.31. The summed E-state index contributed by atoms with van der Waals surface area (Å²) in [4.78, 5) is 5.97. The Bertz CT molecular complexity index is 814. The van der Waals surface area contributed by atoms with E-state index in [1.165, 1.54) is 18.4 Å². The van der Waals surface area contributed by atoms with Crippen LogP contribution in [0.3, 0.4) is 0 Å². The van der Waals surface area contributed by atoms with Gasteiger partial charge in [0.05, 0.1) is 25.9 Å². The summed E-state index contributed by atoms with van der Waals surface area (Å²) in [5.74, 6) is 1.01. The standard InChI is InChI=1S/C15H14ClN3S/c1-8-7-12(17)20-14(8)15-18-11-4-2-3-10(16)13(11)19(15)9-5-6-9/h2-4,7,9H,5-6,17H2,1H3. The SMILES string of the molecule is Cc1cc(N)sc1-c1nc2cccc(Cl)c2n1C1CC1. The van der Waals surface area contributed by atoms with Crippen molar-refractivity contribution in [3.8, 4) is 10.7 Å². The molecule has 5 heteroatoms. The van der Waals surface area contributed by atoms with E-state index in [4.69, 9.17) is 22.3 Å². The van der Waals surface area contributed by atoms with Crippen LogP contribution in [0.4, 0.5) is 5.00 Å². The molecule has 1 aromatic carbocycles. The third kappa shape index (κ3) is 1.75. The van der Waals surface area contributed by atoms with Gasteiger partial charge in [-0.1, -0.05) is 17.7 Å². The summed E-state index contributed by atoms with van der Waals surface area (Å²) in [6, 6.07) is 8.45. The normalized spacial score (nSPS) is 15.1. The summed E-state index contributed by atoms with van der Waals surface area (Å²) in [6.07, 6.45) is 2.40. The molecule has 0 saturated heterocycles. The largest absolute Gasteiger partial charge is 0.391 e. The number of rotatable bonds is 2. The number of fused-ring (bicyclic) bond motifs is 1. The Morgan fingerprint density at radius 2 is 2.20 bits per heavy atom. The van der Waals surface area contributed by atoms with E-state index >= 15 is 0 Å². The summed E-state index contributed by atoms with van der Waals surface area (Å²) >= 11 is 8.00. The van der Waals surface area contributed by atoms with Crippen molar-refractivity contribution in [1.29, 1.82) is 0 Å². The molecular formula is C15H14ClN3S. The summed E-state index contributed by atoms with van der Waals surface area (Å²) in [6.45, 7) is 2.08. The van der Waals surface area contributed by atoms with Crippen LogP contribution in [0.1, 0.15) is 24.4 Å². The zero-order valence-corrected chi connectivity index (χ0v) is 12.6. The Morgan fingerprint density at radius 3 is 2.85 bits per heavy atom. The van der Waals surface area contributed by atoms with E-state index in [0.29, 0.717) is 6.04 Å². The number of halogens is 1. The molecule has 0 unspecified atom stereocenters. The van der Waals surface area contributed by atoms with Crippen LogP contribution in [0.2, 0.25) is 5.02 Å². The van der Waals surface area contributed by atoms with Gasteiger partial charge in [0.2, 0.25) is 0 Å². The molecule has 0 spiro atoms. The second-order valence-corrected chi connectivity index (χ2v) is 6.80. The molecule has 1 aliphatic carbocycles. The zero-order valence-electron chi connectivity index (χ0n) is 11.1. The zero-order chi connectivity index (χ0) is 13.9. The lowest BCUT2D eigenvalue weighted by Gasteiger charge is -2.07. The van der Waals surface area contributed by atoms with E-state index in [-0.39, 0.29) is 0 Å². The van der Waals surface area contributed by atoms with Crippen LogP contribution in [0.25, 0.3) is 21.7 Å². The molecule has 1 saturated carbocycles. The maximum absolute atomic E-state index is 6.40. The number of anilines is 1. The van der Waals surface area contributed by atoms with Gasteiger partial charge in [-0.15, -0.1) is 11.3 Å². The van der Waals surface area contributed by atoms with Crippen LogP contribution in [0.5, 0.6) is 0 Å². The number of thiophene rings is 1. The Morgan fingerprint density at radius 1 is 1.40 bits per heavy atom. The average molecular weight is 304 g/mol. The number of hydrogen-bond acceptors (Lipinski definition) is 3. The lowest BCUT2D eigenvalue weighted by molar-refractivity contribution is 0.776. The van der Waals surface area contributed by atoms with Crippen molar-refractivity contribution in [3.63, 3.8) is 0 Å². The maximum Gasteiger partial charge on any atom is 0.151 e. The summed E-state index contributed by atoms with van der Waals surface area (Å²) in [5.41, 5.74) is 9.14. The van der Waals surface area contributed by atoms with E-state index in [9.17, 15) is 0 Å². The summed E-state index contributed by atoms with van der Waals surface area (Å²) in [5, 5.41) is 1.60. The van der Waals surface area contributed by atoms with Gasteiger partial charge in [-0.25, -0.2) is 4.98 Å². The van der Waals surface area contributed by atoms with Crippen molar-refractivity contribution in [3.05, 3.63) is 34.9 Å². The molecule has 3 aromatic rings. The van der Waals surface area contributed by atoms with Gasteiger partial charge < -0.3 is 10.3 Å². The quantitative estimate of drug-likeness (QED) is 0.749. The predicted molar refractivity (Wildman–Crippen MR) is 85.5 cm³/mol. The van der Waals surface area contributed by atoms with Gasteiger partial charge in [-0.05, 0) is 43.5 Å². The molecule has 0 bridgehead atoms. The van der Waals surface area contributed by atoms with Crippen molar-refractivity contribution >= 4 is 39.0 Å². The first-order chi connectivity index (χ1) is 9.65. The molecule has 3 nitrogen and oxygen atoms in total. The molecule has 4 rings (SSSR count). The molecule has 1 fully saturated rings. The highest BCUT2D eigenvalue weighted by atomic mass is 35.5. The van der Waals surface area contributed by atoms with Crippen LogP contribution in [0, 0.1) is 6.92 Å². The molecule has 0 radical (unpaired) electrons. The van der Waals surface area contributed by atoms with E-state index in [1.54, 1.807) is 11.3 Å². The molecule has 2 aromatic heterocycles. The third-order valence-corrected chi connectivity index (χ3v) is 5.08. The number of hydrogen-bond donors (Lipinski definition) is 1. The highest BCUT2D eigenvalue weighted by Crippen LogP contribution is 2.45. The molecule has 20 heavy (non-hydrogen) atoms. The van der Waals surface area contributed by atoms with E-state index < -0.39 is 0 Å². The van der Waals surface area contributed by atoms with Crippen molar-refractivity contribution < 1.29 is 0 Å². The second kappa shape index (κ2) is 4.24. The number of imidazole rings is 1. The fourth-order valence-electron chi connectivity index (χ4n) is 2.68. The minimum atomic E-state index is 0.526. The number of aromatic nitrogens is 2. The maximum atomic E-state index is 6.40. The number of para-hydroxylation sites is 1. The molecular weight excluding hydrogens is 290 g/mol. The van der Waals surface area contributed by atoms with Gasteiger partial charge in [-0.3, -0.25) is 0 Å². The summed E-state index contributed by atoms with van der Waals surface area (Å²) < 4.78 is 2.30. The third-order valence-electron chi connectivity index (χ3n) is 3.71. The highest BCUT2D eigenvalue weighted by molar-refractivity contribution is 7.19. The van der Waals surface area contributed by atoms with Gasteiger partial charge >= 0.3 is 0 Å². The smallest absolute Gasteiger partial charge is 0.151 e. The monoisotopic (exact) mass is 303 g/mol. The first-order valence-corrected chi connectivity index (χ1v) is 7.87. The Hall–Kier alpha value is -1.52. The van der Waals surface area contributed by atoms with Gasteiger partial charge in [0.25, 0.3) is 0 Å². The topological polar surface area (TPSA) is 43.8 Å². The van der Waals surface area contributed by atoms with Crippen molar-refractivity contribution in [2.45, 2.75) is 25.8 Å². The van der Waals surface area contributed by atoms with Crippen LogP contribution >= 0.6 is 22.9 Å². The number of aryl methyl sites for hydroxylation is 1. The van der Waals surface area contributed by atoms with Crippen molar-refractivity contribution in [2.75, 3.05) is 5.73 Å². The Kier molecular flexibility index (Phi) is 2.59. The van der Waals surface area contributed by atoms with Gasteiger partial charge in [0, 0.05) is 6.04 Å². The molecule has 1 aliphatic rings. The number of benzene rings is 1. The molecule has 2 N–H and O–H groups in total. The van der Waals surface area contributed by atoms with E-state index in [1.807, 2.05) is 24.3 Å². The number of nitrogens with zero attached hydrogens (tertiary/aromatic N) is 2. The van der Waals surface area contributed by atoms with Crippen LogP contribution < -0.4 is 5.73 Å². The molecule has 0 amide bonds. The van der Waals surface area contributed by atoms with Gasteiger partial charge in [0.15, 0.2) is 5.82 Å². The minimum absolute atomic E-state index is 0.526. The fourth-order valence-corrected chi connectivity index (χ4v) is 3.87. The van der Waals surface area contributed by atoms with Gasteiger partial charge in [-0.2, -0.15) is 0 Å². The Labute approximate surface area is 126 Å². The number of nitrogen functional groups attached to an aromatic ring is 1. The first-order valence-electron chi connectivity index (χ1n) is 6.68. The average Bonchev–Trinajstić information content (AvgIpc) is 3.08. The van der Waals surface area contributed by atoms with Crippen LogP contribution in [-0.4, -0.2) is 9.55 Å². The molecule has 2 heterocycles. The van der Waals surface area contributed by atoms with Crippen LogP contribution in [0.15, 0.2) is 24.3 Å². The molecule has 0 atom stereocenters. The summed E-state index contributed by atoms with van der Waals surface area (Å²) in [7, 11) is 0. The van der Waals surface area contributed by atoms with Crippen LogP contribution in [-0.2, 0) is 0 Å². The minimum Gasteiger partial charge on any atom is -0.391 e. The van der Waals surface area contributed by atoms with Crippen molar-refractivity contribution in [2.24, 2.45) is 0 Å². The fraction of sp³-hybridized carbons (Fsp3) is 0.267. The lowest BCUT2D eigenvalue weighted by Crippen LogP contribution is -1.97. The van der Waals surface area contributed by atoms with E-state index in [0.717, 1.165) is 31.8 Å². The first kappa shape index (κ1) is 12.2. The molecule has 102 valence electrons. The van der Waals surface area contributed by atoms with E-state index in [2.05, 4.69) is 11.5 Å². The number of nitrogens with two attached hydrogens (primary N) is 1. The van der Waals surface area contributed by atoms with Crippen molar-refractivity contribution in [1.82, 2.24) is 9.55 Å². The lowest BCUT2D eigenvalue weighted by atomic mass is 10.2. The highest BCUT2D eigenvalue weighted by Gasteiger charge is 2.30. The predicted octanol–water partition coefficient (Wildman–Crippen LogP) is 4.64. The Balaban J connectivity index is 2.06. The van der Waals surface area contributed by atoms with Gasteiger partial charge in [0.1, 0.15) is 0 Å². The molecule has 0 aliphatic heterocycles.